The SMILES string of the molecule is Cc1ccc(C(=O)CCC(=O)Nc2ccc(C(=O)N3CCc4ccccc43)cc2)cc1. The van der Waals surface area contributed by atoms with Crippen LogP contribution in [0.4, 0.5) is 11.4 Å². The number of nitrogens with one attached hydrogen (secondary N) is 1. The maximum absolute atomic E-state index is 12.9. The predicted molar refractivity (Wildman–Crippen MR) is 122 cm³/mol. The van der Waals surface area contributed by atoms with Crippen LogP contribution >= 0.6 is 0 Å². The third-order valence-corrected chi connectivity index (χ3v) is 5.50. The summed E-state index contributed by atoms with van der Waals surface area (Å²) in [5.41, 5.74) is 5.02. The molecule has 3 aromatic carbocycles. The lowest BCUT2D eigenvalue weighted by Crippen LogP contribution is -2.28. The molecule has 156 valence electrons. The standard InChI is InChI=1S/C26H24N2O3/c1-18-6-8-20(9-7-18)24(29)14-15-25(30)27-22-12-10-21(11-13-22)26(31)28-17-16-19-4-2-3-5-23(19)28/h2-13H,14-17H2,1H3,(H,27,30). The van der Waals surface area contributed by atoms with Gasteiger partial charge in [0, 0.05) is 41.9 Å². The van der Waals surface area contributed by atoms with Crippen molar-refractivity contribution < 1.29 is 14.4 Å². The van der Waals surface area contributed by atoms with Crippen LogP contribution in [-0.2, 0) is 11.2 Å². The molecule has 0 fully saturated rings. The topological polar surface area (TPSA) is 66.5 Å². The first kappa shape index (κ1) is 20.5. The van der Waals surface area contributed by atoms with Crippen LogP contribution in [0.3, 0.4) is 0 Å². The number of amides is 2. The molecule has 1 N–H and O–H groups in total. The number of benzene rings is 3. The van der Waals surface area contributed by atoms with Gasteiger partial charge in [-0.2, -0.15) is 0 Å². The van der Waals surface area contributed by atoms with E-state index < -0.39 is 0 Å². The number of hydrogen-bond acceptors (Lipinski definition) is 3. The molecule has 5 heteroatoms. The van der Waals surface area contributed by atoms with E-state index in [-0.39, 0.29) is 30.4 Å². The average molecular weight is 412 g/mol. The number of Topliss-reactive ketones (excluding diaryl/α,β-unsaturated/α-hetero) is 1. The van der Waals surface area contributed by atoms with Crippen LogP contribution in [0.2, 0.25) is 0 Å². The summed E-state index contributed by atoms with van der Waals surface area (Å²) in [6, 6.07) is 22.1. The van der Waals surface area contributed by atoms with Gasteiger partial charge in [0.05, 0.1) is 0 Å². The molecule has 31 heavy (non-hydrogen) atoms. The molecule has 0 saturated carbocycles. The van der Waals surface area contributed by atoms with Crippen molar-refractivity contribution >= 4 is 29.0 Å². The lowest BCUT2D eigenvalue weighted by Gasteiger charge is -2.17. The predicted octanol–water partition coefficient (Wildman–Crippen LogP) is 4.80. The zero-order chi connectivity index (χ0) is 21.8. The van der Waals surface area contributed by atoms with Gasteiger partial charge in [-0.1, -0.05) is 48.0 Å². The number of fused-ring (bicyclic) bond motifs is 1. The lowest BCUT2D eigenvalue weighted by molar-refractivity contribution is -0.116. The first-order valence-electron chi connectivity index (χ1n) is 10.4. The molecule has 5 nitrogen and oxygen atoms in total. The highest BCUT2D eigenvalue weighted by Crippen LogP contribution is 2.29. The minimum absolute atomic E-state index is 0.0495. The molecule has 0 radical (unpaired) electrons. The highest BCUT2D eigenvalue weighted by atomic mass is 16.2. The maximum atomic E-state index is 12.9. The lowest BCUT2D eigenvalue weighted by atomic mass is 10.0. The number of ketones is 1. The smallest absolute Gasteiger partial charge is 0.258 e. The van der Waals surface area contributed by atoms with Crippen molar-refractivity contribution in [3.63, 3.8) is 0 Å². The van der Waals surface area contributed by atoms with Crippen molar-refractivity contribution in [2.45, 2.75) is 26.2 Å². The normalized spacial score (nSPS) is 12.4. The fraction of sp³-hybridized carbons (Fsp3) is 0.192. The summed E-state index contributed by atoms with van der Waals surface area (Å²) < 4.78 is 0. The van der Waals surface area contributed by atoms with E-state index >= 15 is 0 Å². The third-order valence-electron chi connectivity index (χ3n) is 5.50. The van der Waals surface area contributed by atoms with Gasteiger partial charge >= 0.3 is 0 Å². The van der Waals surface area contributed by atoms with E-state index in [1.807, 2.05) is 43.3 Å². The number of nitrogens with zero attached hydrogens (tertiary/aromatic N) is 1. The van der Waals surface area contributed by atoms with Gasteiger partial charge in [-0.05, 0) is 49.2 Å². The Kier molecular flexibility index (Phi) is 5.94. The van der Waals surface area contributed by atoms with Gasteiger partial charge in [0.25, 0.3) is 5.91 Å². The van der Waals surface area contributed by atoms with Crippen molar-refractivity contribution in [2.24, 2.45) is 0 Å². The molecule has 2 amide bonds. The van der Waals surface area contributed by atoms with E-state index in [0.717, 1.165) is 17.7 Å². The number of carbonyl (C=O) groups excluding carboxylic acids is 3. The number of carbonyl (C=O) groups is 3. The van der Waals surface area contributed by atoms with E-state index in [1.54, 1.807) is 41.3 Å². The maximum Gasteiger partial charge on any atom is 0.258 e. The Morgan fingerprint density at radius 2 is 1.52 bits per heavy atom. The van der Waals surface area contributed by atoms with Crippen LogP contribution in [0, 0.1) is 6.92 Å². The molecule has 1 aliphatic heterocycles. The van der Waals surface area contributed by atoms with Gasteiger partial charge in [-0.25, -0.2) is 0 Å². The van der Waals surface area contributed by atoms with E-state index in [1.165, 1.54) is 5.56 Å². The van der Waals surface area contributed by atoms with Gasteiger partial charge < -0.3 is 10.2 Å². The number of para-hydroxylation sites is 1. The van der Waals surface area contributed by atoms with Gasteiger partial charge in [0.1, 0.15) is 0 Å². The number of anilines is 2. The second kappa shape index (κ2) is 8.96. The molecule has 1 aliphatic rings. The monoisotopic (exact) mass is 412 g/mol. The molecule has 0 aliphatic carbocycles. The summed E-state index contributed by atoms with van der Waals surface area (Å²) in [4.78, 5) is 39.1. The van der Waals surface area contributed by atoms with Crippen LogP contribution < -0.4 is 10.2 Å². The van der Waals surface area contributed by atoms with E-state index in [9.17, 15) is 14.4 Å². The summed E-state index contributed by atoms with van der Waals surface area (Å²) in [5, 5.41) is 2.79. The Bertz CT molecular complexity index is 1120. The second-order valence-electron chi connectivity index (χ2n) is 7.75. The van der Waals surface area contributed by atoms with Crippen LogP contribution in [0.15, 0.2) is 72.8 Å². The molecule has 0 atom stereocenters. The minimum Gasteiger partial charge on any atom is -0.326 e. The van der Waals surface area contributed by atoms with E-state index in [0.29, 0.717) is 23.4 Å². The summed E-state index contributed by atoms with van der Waals surface area (Å²) in [6.45, 7) is 2.64. The fourth-order valence-electron chi connectivity index (χ4n) is 3.74. The Hall–Kier alpha value is -3.73. The summed E-state index contributed by atoms with van der Waals surface area (Å²) in [6.07, 6.45) is 1.12. The largest absolute Gasteiger partial charge is 0.326 e. The van der Waals surface area contributed by atoms with Gasteiger partial charge in [0.15, 0.2) is 5.78 Å². The van der Waals surface area contributed by atoms with Gasteiger partial charge in [0.2, 0.25) is 5.91 Å². The number of aryl methyl sites for hydroxylation is 1. The molecule has 3 aromatic rings. The van der Waals surface area contributed by atoms with Crippen molar-refractivity contribution in [2.75, 3.05) is 16.8 Å². The first-order valence-corrected chi connectivity index (χ1v) is 10.4. The Morgan fingerprint density at radius 3 is 2.26 bits per heavy atom. The van der Waals surface area contributed by atoms with Crippen molar-refractivity contribution in [3.05, 3.63) is 95.1 Å². The van der Waals surface area contributed by atoms with Crippen molar-refractivity contribution in [1.29, 1.82) is 0 Å². The van der Waals surface area contributed by atoms with Crippen molar-refractivity contribution in [1.82, 2.24) is 0 Å². The minimum atomic E-state index is -0.229. The van der Waals surface area contributed by atoms with Gasteiger partial charge in [-0.15, -0.1) is 0 Å². The molecular formula is C26H24N2O3. The summed E-state index contributed by atoms with van der Waals surface area (Å²) in [7, 11) is 0. The van der Waals surface area contributed by atoms with E-state index in [4.69, 9.17) is 0 Å². The molecule has 0 aromatic heterocycles. The summed E-state index contributed by atoms with van der Waals surface area (Å²) >= 11 is 0. The van der Waals surface area contributed by atoms with Crippen molar-refractivity contribution in [3.8, 4) is 0 Å². The zero-order valence-corrected chi connectivity index (χ0v) is 17.4. The first-order chi connectivity index (χ1) is 15.0. The fourth-order valence-corrected chi connectivity index (χ4v) is 3.74. The molecule has 0 unspecified atom stereocenters. The van der Waals surface area contributed by atoms with Crippen LogP contribution in [0.25, 0.3) is 0 Å². The Balaban J connectivity index is 1.32. The molecule has 0 spiro atoms. The van der Waals surface area contributed by atoms with Crippen LogP contribution in [0.5, 0.6) is 0 Å². The third kappa shape index (κ3) is 4.72. The molecule has 1 heterocycles. The highest BCUT2D eigenvalue weighted by Gasteiger charge is 2.25. The number of hydrogen-bond donors (Lipinski definition) is 1. The zero-order valence-electron chi connectivity index (χ0n) is 17.4. The summed E-state index contributed by atoms with van der Waals surface area (Å²) in [5.74, 6) is -0.332. The van der Waals surface area contributed by atoms with Crippen LogP contribution in [-0.4, -0.2) is 24.1 Å². The van der Waals surface area contributed by atoms with Crippen LogP contribution in [0.1, 0.15) is 44.7 Å². The molecule has 4 rings (SSSR count). The Morgan fingerprint density at radius 1 is 0.839 bits per heavy atom. The second-order valence-corrected chi connectivity index (χ2v) is 7.75. The van der Waals surface area contributed by atoms with Gasteiger partial charge in [-0.3, -0.25) is 14.4 Å². The Labute approximate surface area is 181 Å². The molecule has 0 saturated heterocycles. The van der Waals surface area contributed by atoms with E-state index in [2.05, 4.69) is 5.32 Å². The molecular weight excluding hydrogens is 388 g/mol. The average Bonchev–Trinajstić information content (AvgIpc) is 3.22. The number of rotatable bonds is 6. The highest BCUT2D eigenvalue weighted by molar-refractivity contribution is 6.07. The quantitative estimate of drug-likeness (QED) is 0.592. The molecule has 0 bridgehead atoms.